The second-order valence-electron chi connectivity index (χ2n) is 5.22. The Morgan fingerprint density at radius 1 is 1.19 bits per heavy atom. The molecule has 0 atom stereocenters. The summed E-state index contributed by atoms with van der Waals surface area (Å²) in [7, 11) is 3.10. The van der Waals surface area contributed by atoms with Gasteiger partial charge in [0.25, 0.3) is 5.91 Å². The first kappa shape index (κ1) is 18.7. The molecule has 0 aliphatic heterocycles. The van der Waals surface area contributed by atoms with Crippen LogP contribution in [-0.4, -0.2) is 31.7 Å². The molecule has 0 unspecified atom stereocenters. The van der Waals surface area contributed by atoms with Gasteiger partial charge in [-0.15, -0.1) is 0 Å². The Hall–Kier alpha value is -2.07. The highest BCUT2D eigenvalue weighted by atomic mass is 127. The summed E-state index contributed by atoms with van der Waals surface area (Å²) < 4.78 is 17.8. The third kappa shape index (κ3) is 3.85. The van der Waals surface area contributed by atoms with Gasteiger partial charge in [0.05, 0.1) is 36.6 Å². The third-order valence-corrected chi connectivity index (χ3v) is 5.44. The number of benzene rings is 2. The number of ether oxygens (including phenoxy) is 3. The number of hydrogen-bond acceptors (Lipinski definition) is 6. The van der Waals surface area contributed by atoms with E-state index >= 15 is 0 Å². The summed E-state index contributed by atoms with van der Waals surface area (Å²) in [6.07, 6.45) is 0. The van der Waals surface area contributed by atoms with E-state index in [1.165, 1.54) is 18.4 Å². The molecule has 0 saturated heterocycles. The van der Waals surface area contributed by atoms with Gasteiger partial charge in [-0.1, -0.05) is 11.3 Å². The van der Waals surface area contributed by atoms with Crippen molar-refractivity contribution in [1.29, 1.82) is 0 Å². The fourth-order valence-electron chi connectivity index (χ4n) is 2.41. The second kappa shape index (κ2) is 8.09. The largest absolute Gasteiger partial charge is 0.494 e. The van der Waals surface area contributed by atoms with Gasteiger partial charge in [0.2, 0.25) is 0 Å². The number of nitrogens with one attached hydrogen (secondary N) is 1. The maximum absolute atomic E-state index is 12.7. The summed E-state index contributed by atoms with van der Waals surface area (Å²) in [5, 5.41) is 3.39. The number of carbonyl (C=O) groups is 1. The summed E-state index contributed by atoms with van der Waals surface area (Å²) >= 11 is 3.50. The van der Waals surface area contributed by atoms with Crippen LogP contribution in [0.4, 0.5) is 5.13 Å². The molecule has 8 heteroatoms. The van der Waals surface area contributed by atoms with E-state index in [4.69, 9.17) is 14.2 Å². The highest BCUT2D eigenvalue weighted by molar-refractivity contribution is 14.1. The lowest BCUT2D eigenvalue weighted by Crippen LogP contribution is -2.13. The zero-order valence-electron chi connectivity index (χ0n) is 14.5. The van der Waals surface area contributed by atoms with E-state index in [-0.39, 0.29) is 5.91 Å². The van der Waals surface area contributed by atoms with Gasteiger partial charge in [0, 0.05) is 3.57 Å². The summed E-state index contributed by atoms with van der Waals surface area (Å²) in [5.74, 6) is 1.62. The SMILES string of the molecule is CCOc1ccc2nc(NC(=O)c3cc(OC)c(OC)cc3I)sc2c1. The average Bonchev–Trinajstić information content (AvgIpc) is 3.02. The quantitative estimate of drug-likeness (QED) is 0.520. The zero-order chi connectivity index (χ0) is 18.7. The van der Waals surface area contributed by atoms with Crippen LogP contribution in [0.3, 0.4) is 0 Å². The average molecular weight is 484 g/mol. The predicted molar refractivity (Wildman–Crippen MR) is 111 cm³/mol. The van der Waals surface area contributed by atoms with Gasteiger partial charge in [0.15, 0.2) is 16.6 Å². The molecule has 26 heavy (non-hydrogen) atoms. The van der Waals surface area contributed by atoms with Crippen molar-refractivity contribution in [2.75, 3.05) is 26.1 Å². The van der Waals surface area contributed by atoms with Crippen molar-refractivity contribution >= 4 is 55.2 Å². The molecule has 0 bridgehead atoms. The van der Waals surface area contributed by atoms with Crippen LogP contribution in [0, 0.1) is 3.57 Å². The van der Waals surface area contributed by atoms with Crippen LogP contribution in [0.1, 0.15) is 17.3 Å². The van der Waals surface area contributed by atoms with Crippen molar-refractivity contribution in [1.82, 2.24) is 4.98 Å². The highest BCUT2D eigenvalue weighted by Crippen LogP contribution is 2.33. The molecule has 1 heterocycles. The number of nitrogens with zero attached hydrogens (tertiary/aromatic N) is 1. The van der Waals surface area contributed by atoms with Crippen molar-refractivity contribution in [2.24, 2.45) is 0 Å². The van der Waals surface area contributed by atoms with Gasteiger partial charge in [-0.2, -0.15) is 0 Å². The van der Waals surface area contributed by atoms with Crippen molar-refractivity contribution in [2.45, 2.75) is 6.92 Å². The Balaban J connectivity index is 1.87. The molecule has 1 aromatic heterocycles. The Bertz CT molecular complexity index is 958. The van der Waals surface area contributed by atoms with E-state index in [9.17, 15) is 4.79 Å². The molecule has 0 radical (unpaired) electrons. The number of halogens is 1. The molecule has 0 spiro atoms. The van der Waals surface area contributed by atoms with Gasteiger partial charge >= 0.3 is 0 Å². The number of rotatable bonds is 6. The lowest BCUT2D eigenvalue weighted by atomic mass is 10.2. The molecule has 3 aromatic rings. The zero-order valence-corrected chi connectivity index (χ0v) is 17.4. The second-order valence-corrected chi connectivity index (χ2v) is 7.42. The molecular weight excluding hydrogens is 467 g/mol. The summed E-state index contributed by atoms with van der Waals surface area (Å²) in [6, 6.07) is 9.10. The van der Waals surface area contributed by atoms with Crippen molar-refractivity contribution in [3.8, 4) is 17.2 Å². The van der Waals surface area contributed by atoms with Crippen LogP contribution in [0.5, 0.6) is 17.2 Å². The maximum atomic E-state index is 12.7. The van der Waals surface area contributed by atoms with Gasteiger partial charge in [-0.25, -0.2) is 4.98 Å². The minimum atomic E-state index is -0.251. The monoisotopic (exact) mass is 484 g/mol. The molecule has 0 aliphatic carbocycles. The molecule has 0 fully saturated rings. The fourth-order valence-corrected chi connectivity index (χ4v) is 3.98. The summed E-state index contributed by atoms with van der Waals surface area (Å²) in [6.45, 7) is 2.54. The number of aromatic nitrogens is 1. The van der Waals surface area contributed by atoms with E-state index in [1.807, 2.05) is 25.1 Å². The summed E-state index contributed by atoms with van der Waals surface area (Å²) in [5.41, 5.74) is 1.31. The molecule has 136 valence electrons. The molecule has 2 aromatic carbocycles. The lowest BCUT2D eigenvalue weighted by molar-refractivity contribution is 0.102. The minimum Gasteiger partial charge on any atom is -0.494 e. The Labute approximate surface area is 168 Å². The molecule has 1 amide bonds. The summed E-state index contributed by atoms with van der Waals surface area (Å²) in [4.78, 5) is 17.1. The van der Waals surface area contributed by atoms with Crippen LogP contribution in [0.2, 0.25) is 0 Å². The van der Waals surface area contributed by atoms with E-state index in [0.717, 1.165) is 19.5 Å². The standard InChI is InChI=1S/C18H17IN2O4S/c1-4-25-10-5-6-13-16(7-10)26-18(20-13)21-17(22)11-8-14(23-2)15(24-3)9-12(11)19/h5-9H,4H2,1-3H3,(H,20,21,22). The number of carbonyl (C=O) groups excluding carboxylic acids is 1. The Morgan fingerprint density at radius 3 is 2.62 bits per heavy atom. The number of hydrogen-bond donors (Lipinski definition) is 1. The van der Waals surface area contributed by atoms with Crippen LogP contribution in [0.15, 0.2) is 30.3 Å². The van der Waals surface area contributed by atoms with Gasteiger partial charge in [-0.3, -0.25) is 10.1 Å². The number of thiazole rings is 1. The topological polar surface area (TPSA) is 69.7 Å². The van der Waals surface area contributed by atoms with Gasteiger partial charge < -0.3 is 14.2 Å². The van der Waals surface area contributed by atoms with Gasteiger partial charge in [0.1, 0.15) is 5.75 Å². The molecular formula is C18H17IN2O4S. The number of fused-ring (bicyclic) bond motifs is 1. The molecule has 0 aliphatic rings. The number of anilines is 1. The molecule has 0 saturated carbocycles. The van der Waals surface area contributed by atoms with E-state index in [2.05, 4.69) is 32.9 Å². The van der Waals surface area contributed by atoms with E-state index in [0.29, 0.717) is 28.8 Å². The van der Waals surface area contributed by atoms with Crippen molar-refractivity contribution in [3.05, 3.63) is 39.5 Å². The first-order valence-corrected chi connectivity index (χ1v) is 9.71. The molecule has 6 nitrogen and oxygen atoms in total. The molecule has 3 rings (SSSR count). The predicted octanol–water partition coefficient (Wildman–Crippen LogP) is 4.57. The van der Waals surface area contributed by atoms with Crippen LogP contribution < -0.4 is 19.5 Å². The Kier molecular flexibility index (Phi) is 5.82. The van der Waals surface area contributed by atoms with E-state index in [1.54, 1.807) is 19.2 Å². The lowest BCUT2D eigenvalue weighted by Gasteiger charge is -2.11. The van der Waals surface area contributed by atoms with Crippen LogP contribution in [-0.2, 0) is 0 Å². The Morgan fingerprint density at radius 2 is 1.92 bits per heavy atom. The van der Waals surface area contributed by atoms with Crippen molar-refractivity contribution in [3.63, 3.8) is 0 Å². The third-order valence-electron chi connectivity index (χ3n) is 3.61. The van der Waals surface area contributed by atoms with Crippen molar-refractivity contribution < 1.29 is 19.0 Å². The van der Waals surface area contributed by atoms with Gasteiger partial charge in [-0.05, 0) is 59.8 Å². The van der Waals surface area contributed by atoms with Crippen LogP contribution in [0.25, 0.3) is 10.2 Å². The normalized spacial score (nSPS) is 10.6. The maximum Gasteiger partial charge on any atom is 0.258 e. The minimum absolute atomic E-state index is 0.251. The highest BCUT2D eigenvalue weighted by Gasteiger charge is 2.17. The van der Waals surface area contributed by atoms with Crippen LogP contribution >= 0.6 is 33.9 Å². The molecule has 1 N–H and O–H groups in total. The number of amides is 1. The smallest absolute Gasteiger partial charge is 0.258 e. The number of methoxy groups -OCH3 is 2. The first-order valence-electron chi connectivity index (χ1n) is 7.82. The first-order chi connectivity index (χ1) is 12.5. The fraction of sp³-hybridized carbons (Fsp3) is 0.222. The van der Waals surface area contributed by atoms with E-state index < -0.39 is 0 Å².